The minimum absolute atomic E-state index is 0.0326. The zero-order valence-corrected chi connectivity index (χ0v) is 26.9. The molecule has 3 saturated heterocycles. The van der Waals surface area contributed by atoms with Crippen molar-refractivity contribution in [2.24, 2.45) is 50.7 Å². The first-order valence-corrected chi connectivity index (χ1v) is 17.1. The highest BCUT2D eigenvalue weighted by Gasteiger charge is 2.88. The zero-order valence-electron chi connectivity index (χ0n) is 26.9. The van der Waals surface area contributed by atoms with Gasteiger partial charge >= 0.3 is 0 Å². The van der Waals surface area contributed by atoms with Crippen molar-refractivity contribution >= 4 is 0 Å². The number of hydrogen-bond donors (Lipinski definition) is 4. The molecule has 3 heterocycles. The molecule has 43 heavy (non-hydrogen) atoms. The Labute approximate surface area is 256 Å². The highest BCUT2D eigenvalue weighted by atomic mass is 16.8. The van der Waals surface area contributed by atoms with Crippen molar-refractivity contribution in [3.8, 4) is 0 Å². The molecule has 4 N–H and O–H groups in total. The predicted octanol–water partition coefficient (Wildman–Crippen LogP) is 3.93. The van der Waals surface area contributed by atoms with Gasteiger partial charge in [-0.25, -0.2) is 0 Å². The molecule has 0 aromatic rings. The summed E-state index contributed by atoms with van der Waals surface area (Å²) in [4.78, 5) is 0. The SMILES string of the molecule is C=C(C)[C@@H]1O[C@@]23O[C@@H]1C[C@@H](C)[C@@H]2[C@@]1(C)CC[C@@]24C[C@@]25CC[C@H](O[C@@H]2OC[C@@H](O)[C@@H](O)[C@@H]2O)C(C)(C)[C@@H]5CC[C@H]4[C@]1(C)[C@H]3O. The van der Waals surface area contributed by atoms with Crippen molar-refractivity contribution in [2.45, 2.75) is 148 Å². The molecule has 0 aromatic carbocycles. The lowest BCUT2D eigenvalue weighted by atomic mass is 9.41. The molecule has 5 aliphatic carbocycles. The maximum atomic E-state index is 12.6. The van der Waals surface area contributed by atoms with Crippen LogP contribution in [0.25, 0.3) is 0 Å². The minimum atomic E-state index is -1.27. The molecule has 3 aliphatic heterocycles. The summed E-state index contributed by atoms with van der Waals surface area (Å²) in [5, 5.41) is 43.4. The van der Waals surface area contributed by atoms with Crippen LogP contribution < -0.4 is 0 Å². The van der Waals surface area contributed by atoms with Crippen molar-refractivity contribution in [1.29, 1.82) is 0 Å². The molecular weight excluding hydrogens is 548 g/mol. The largest absolute Gasteiger partial charge is 0.388 e. The van der Waals surface area contributed by atoms with Gasteiger partial charge in [0.1, 0.15) is 30.5 Å². The summed E-state index contributed by atoms with van der Waals surface area (Å²) in [5.41, 5.74) is 0.877. The molecule has 0 unspecified atom stereocenters. The minimum Gasteiger partial charge on any atom is -0.388 e. The standard InChI is InChI=1S/C35H54O8/c1-17(2)26-20-14-18(3)27-31(6)12-13-34-16-33(34)11-10-23(41-28-25(38)24(37)19(36)15-40-28)30(4,5)21(33)8-9-22(34)32(31,7)29(39)35(27,42-20)43-26/h18-29,36-39H,1,8-16H2,2-7H3/t18-,19-,20-,21+,22+,23+,24-,25+,26+,27-,28+,29-,31-,32-,33-,34+,35+/m1/s1. The summed E-state index contributed by atoms with van der Waals surface area (Å²) in [6, 6.07) is 0. The van der Waals surface area contributed by atoms with Gasteiger partial charge in [0, 0.05) is 11.3 Å². The van der Waals surface area contributed by atoms with E-state index in [2.05, 4.69) is 41.2 Å². The molecular formula is C35H54O8. The number of hydrogen-bond acceptors (Lipinski definition) is 8. The molecule has 3 spiro atoms. The summed E-state index contributed by atoms with van der Waals surface area (Å²) < 4.78 is 25.9. The molecule has 0 radical (unpaired) electrons. The first kappa shape index (κ1) is 29.8. The monoisotopic (exact) mass is 602 g/mol. The Bertz CT molecular complexity index is 1210. The van der Waals surface area contributed by atoms with Crippen LogP contribution in [0.5, 0.6) is 0 Å². The number of fused-ring (bicyclic) bond motifs is 4. The summed E-state index contributed by atoms with van der Waals surface area (Å²) in [6.45, 7) is 18.1. The lowest BCUT2D eigenvalue weighted by Crippen LogP contribution is -2.61. The first-order valence-electron chi connectivity index (χ1n) is 17.1. The van der Waals surface area contributed by atoms with Crippen LogP contribution in [0.3, 0.4) is 0 Å². The molecule has 8 heteroatoms. The lowest BCUT2D eigenvalue weighted by molar-refractivity contribution is -0.303. The van der Waals surface area contributed by atoms with Gasteiger partial charge in [-0.2, -0.15) is 0 Å². The summed E-state index contributed by atoms with van der Waals surface area (Å²) in [5.74, 6) is 0.477. The number of aliphatic hydroxyl groups excluding tert-OH is 4. The third-order valence-electron chi connectivity index (χ3n) is 15.7. The van der Waals surface area contributed by atoms with Crippen LogP contribution in [0.1, 0.15) is 92.9 Å². The molecule has 17 atom stereocenters. The van der Waals surface area contributed by atoms with Crippen molar-refractivity contribution in [2.75, 3.05) is 6.61 Å². The van der Waals surface area contributed by atoms with Gasteiger partial charge in [-0.05, 0) is 103 Å². The zero-order chi connectivity index (χ0) is 30.7. The van der Waals surface area contributed by atoms with Crippen LogP contribution in [0, 0.1) is 50.7 Å². The van der Waals surface area contributed by atoms with E-state index in [9.17, 15) is 20.4 Å². The van der Waals surface area contributed by atoms with Crippen LogP contribution in [0.4, 0.5) is 0 Å². The van der Waals surface area contributed by atoms with Gasteiger partial charge in [-0.15, -0.1) is 0 Å². The van der Waals surface area contributed by atoms with E-state index in [-0.39, 0.29) is 57.9 Å². The van der Waals surface area contributed by atoms with Gasteiger partial charge in [0.05, 0.1) is 18.8 Å². The van der Waals surface area contributed by atoms with E-state index in [1.54, 1.807) is 0 Å². The first-order chi connectivity index (χ1) is 20.1. The Balaban J connectivity index is 1.10. The van der Waals surface area contributed by atoms with E-state index in [4.69, 9.17) is 18.9 Å². The van der Waals surface area contributed by atoms with E-state index in [0.29, 0.717) is 17.8 Å². The van der Waals surface area contributed by atoms with Gasteiger partial charge < -0.3 is 39.4 Å². The Morgan fingerprint density at radius 2 is 1.58 bits per heavy atom. The number of aliphatic hydroxyl groups is 4. The van der Waals surface area contributed by atoms with E-state index in [1.807, 2.05) is 6.92 Å². The molecule has 242 valence electrons. The van der Waals surface area contributed by atoms with Gasteiger partial charge in [0.25, 0.3) is 0 Å². The second-order valence-electron chi connectivity index (χ2n) is 17.5. The topological polar surface area (TPSA) is 118 Å². The predicted molar refractivity (Wildman–Crippen MR) is 157 cm³/mol. The average Bonchev–Trinajstić information content (AvgIpc) is 3.46. The third kappa shape index (κ3) is 3.26. The second kappa shape index (κ2) is 8.85. The van der Waals surface area contributed by atoms with Gasteiger partial charge in [0.2, 0.25) is 0 Å². The fourth-order valence-corrected chi connectivity index (χ4v) is 13.8. The van der Waals surface area contributed by atoms with Crippen molar-refractivity contribution in [1.82, 2.24) is 0 Å². The highest BCUT2D eigenvalue weighted by molar-refractivity contribution is 5.34. The maximum absolute atomic E-state index is 12.6. The smallest absolute Gasteiger partial charge is 0.199 e. The van der Waals surface area contributed by atoms with Crippen LogP contribution in [-0.2, 0) is 18.9 Å². The van der Waals surface area contributed by atoms with E-state index in [1.165, 1.54) is 12.8 Å². The van der Waals surface area contributed by atoms with Crippen LogP contribution in [-0.4, -0.2) is 81.8 Å². The maximum Gasteiger partial charge on any atom is 0.199 e. The number of rotatable bonds is 3. The van der Waals surface area contributed by atoms with E-state index < -0.39 is 36.5 Å². The number of ether oxygens (including phenoxy) is 4. The quantitative estimate of drug-likeness (QED) is 0.284. The molecule has 8 aliphatic rings. The van der Waals surface area contributed by atoms with Crippen LogP contribution in [0.2, 0.25) is 0 Å². The second-order valence-corrected chi connectivity index (χ2v) is 17.5. The summed E-state index contributed by atoms with van der Waals surface area (Å²) >= 11 is 0. The molecule has 8 nitrogen and oxygen atoms in total. The fourth-order valence-electron chi connectivity index (χ4n) is 13.8. The Morgan fingerprint density at radius 1 is 0.884 bits per heavy atom. The summed E-state index contributed by atoms with van der Waals surface area (Å²) in [6.07, 6.45) is 2.97. The average molecular weight is 603 g/mol. The van der Waals surface area contributed by atoms with Gasteiger partial charge in [-0.1, -0.05) is 41.2 Å². The lowest BCUT2D eigenvalue weighted by Gasteiger charge is -2.63. The van der Waals surface area contributed by atoms with Gasteiger partial charge in [-0.3, -0.25) is 0 Å². The van der Waals surface area contributed by atoms with Gasteiger partial charge in [0.15, 0.2) is 12.1 Å². The van der Waals surface area contributed by atoms with Crippen molar-refractivity contribution < 1.29 is 39.4 Å². The van der Waals surface area contributed by atoms with Crippen LogP contribution in [0.15, 0.2) is 12.2 Å². The third-order valence-corrected chi connectivity index (χ3v) is 15.7. The highest BCUT2D eigenvalue weighted by Crippen LogP contribution is 2.90. The van der Waals surface area contributed by atoms with E-state index in [0.717, 1.165) is 44.1 Å². The Kier molecular flexibility index (Phi) is 6.14. The molecule has 2 bridgehead atoms. The Morgan fingerprint density at radius 3 is 2.30 bits per heavy atom. The summed E-state index contributed by atoms with van der Waals surface area (Å²) in [7, 11) is 0. The van der Waals surface area contributed by atoms with E-state index >= 15 is 0 Å². The van der Waals surface area contributed by atoms with Crippen LogP contribution >= 0.6 is 0 Å². The normalized spacial score (nSPS) is 62.8. The van der Waals surface area contributed by atoms with Crippen molar-refractivity contribution in [3.05, 3.63) is 12.2 Å². The fraction of sp³-hybridized carbons (Fsp3) is 0.943. The Hall–Kier alpha value is -0.580. The van der Waals surface area contributed by atoms with Crippen molar-refractivity contribution in [3.63, 3.8) is 0 Å². The molecule has 8 fully saturated rings. The molecule has 0 aromatic heterocycles. The molecule has 0 amide bonds. The molecule has 5 saturated carbocycles. The molecule has 8 rings (SSSR count).